The molecule has 0 unspecified atom stereocenters. The van der Waals surface area contributed by atoms with E-state index >= 15 is 0 Å². The van der Waals surface area contributed by atoms with Crippen LogP contribution in [-0.4, -0.2) is 25.7 Å². The van der Waals surface area contributed by atoms with Gasteiger partial charge in [0.15, 0.2) is 0 Å². The fourth-order valence-corrected chi connectivity index (χ4v) is 1.33. The van der Waals surface area contributed by atoms with E-state index in [0.29, 0.717) is 36.7 Å². The molecule has 0 bridgehead atoms. The molecule has 0 heterocycles. The van der Waals surface area contributed by atoms with Crippen molar-refractivity contribution in [3.05, 3.63) is 23.8 Å². The lowest BCUT2D eigenvalue weighted by Gasteiger charge is -2.10. The number of nitrogens with two attached hydrogens (primary N) is 2. The van der Waals surface area contributed by atoms with Crippen molar-refractivity contribution in [3.63, 3.8) is 0 Å². The third-order valence-corrected chi connectivity index (χ3v) is 2.08. The van der Waals surface area contributed by atoms with Crippen molar-refractivity contribution in [1.82, 2.24) is 0 Å². The van der Waals surface area contributed by atoms with Crippen molar-refractivity contribution in [1.29, 1.82) is 0 Å². The Hall–Kier alpha value is -1.75. The van der Waals surface area contributed by atoms with Crippen LogP contribution in [0.3, 0.4) is 0 Å². The molecule has 16 heavy (non-hydrogen) atoms. The number of nitrogen functional groups attached to an aromatic ring is 1. The summed E-state index contributed by atoms with van der Waals surface area (Å²) >= 11 is 0. The quantitative estimate of drug-likeness (QED) is 0.492. The first-order chi connectivity index (χ1) is 7.65. The van der Waals surface area contributed by atoms with E-state index in [1.807, 2.05) is 6.92 Å². The maximum Gasteiger partial charge on any atom is 0.250 e. The van der Waals surface area contributed by atoms with Crippen LogP contribution in [0, 0.1) is 0 Å². The number of benzene rings is 1. The first kappa shape index (κ1) is 12.3. The molecule has 0 saturated heterocycles. The van der Waals surface area contributed by atoms with Crippen molar-refractivity contribution < 1.29 is 9.53 Å². The molecule has 5 N–H and O–H groups in total. The molecule has 1 amide bonds. The first-order valence-electron chi connectivity index (χ1n) is 5.16. The number of carbonyl (C=O) groups is 1. The van der Waals surface area contributed by atoms with Crippen molar-refractivity contribution in [2.24, 2.45) is 5.73 Å². The molecule has 88 valence electrons. The molecule has 0 aliphatic rings. The Labute approximate surface area is 94.8 Å². The van der Waals surface area contributed by atoms with Gasteiger partial charge in [0.05, 0.1) is 12.2 Å². The number of ether oxygens (including phenoxy) is 1. The summed E-state index contributed by atoms with van der Waals surface area (Å²) < 4.78 is 5.18. The van der Waals surface area contributed by atoms with Crippen LogP contribution in [-0.2, 0) is 4.74 Å². The summed E-state index contributed by atoms with van der Waals surface area (Å²) in [6.45, 7) is 3.78. The predicted molar refractivity (Wildman–Crippen MR) is 64.4 cm³/mol. The number of nitrogens with one attached hydrogen (secondary N) is 1. The van der Waals surface area contributed by atoms with Gasteiger partial charge in [0, 0.05) is 24.5 Å². The lowest BCUT2D eigenvalue weighted by molar-refractivity contribution is 0.100. The monoisotopic (exact) mass is 223 g/mol. The van der Waals surface area contributed by atoms with Gasteiger partial charge < -0.3 is 21.5 Å². The molecule has 1 aromatic rings. The van der Waals surface area contributed by atoms with Crippen LogP contribution in [0.4, 0.5) is 11.4 Å². The summed E-state index contributed by atoms with van der Waals surface area (Å²) in [5.74, 6) is -0.473. The molecule has 0 aromatic heterocycles. The number of hydrogen-bond acceptors (Lipinski definition) is 4. The summed E-state index contributed by atoms with van der Waals surface area (Å²) in [6, 6.07) is 4.94. The topological polar surface area (TPSA) is 90.4 Å². The highest BCUT2D eigenvalue weighted by Gasteiger charge is 2.07. The molecule has 1 aromatic carbocycles. The summed E-state index contributed by atoms with van der Waals surface area (Å²) in [5, 5.41) is 3.06. The molecule has 0 saturated carbocycles. The Bertz CT molecular complexity index is 366. The Morgan fingerprint density at radius 1 is 1.50 bits per heavy atom. The van der Waals surface area contributed by atoms with Crippen LogP contribution < -0.4 is 16.8 Å². The summed E-state index contributed by atoms with van der Waals surface area (Å²) in [6.07, 6.45) is 0. The third kappa shape index (κ3) is 3.43. The molecular weight excluding hydrogens is 206 g/mol. The highest BCUT2D eigenvalue weighted by atomic mass is 16.5. The molecule has 5 heteroatoms. The van der Waals surface area contributed by atoms with Gasteiger partial charge in [-0.05, 0) is 25.1 Å². The second kappa shape index (κ2) is 5.97. The highest BCUT2D eigenvalue weighted by molar-refractivity contribution is 5.99. The zero-order chi connectivity index (χ0) is 12.0. The van der Waals surface area contributed by atoms with Crippen LogP contribution in [0.1, 0.15) is 17.3 Å². The minimum atomic E-state index is -0.473. The Kier molecular flexibility index (Phi) is 4.60. The van der Waals surface area contributed by atoms with Crippen LogP contribution >= 0.6 is 0 Å². The predicted octanol–water partition coefficient (Wildman–Crippen LogP) is 0.816. The Morgan fingerprint density at radius 3 is 2.88 bits per heavy atom. The van der Waals surface area contributed by atoms with E-state index in [-0.39, 0.29) is 0 Å². The lowest BCUT2D eigenvalue weighted by Crippen LogP contribution is -2.16. The molecule has 1 rings (SSSR count). The fraction of sp³-hybridized carbons (Fsp3) is 0.364. The third-order valence-electron chi connectivity index (χ3n) is 2.08. The van der Waals surface area contributed by atoms with Gasteiger partial charge in [-0.1, -0.05) is 0 Å². The largest absolute Gasteiger partial charge is 0.399 e. The van der Waals surface area contributed by atoms with Crippen molar-refractivity contribution in [3.8, 4) is 0 Å². The van der Waals surface area contributed by atoms with Gasteiger partial charge in [0.1, 0.15) is 0 Å². The fourth-order valence-electron chi connectivity index (χ4n) is 1.33. The normalized spacial score (nSPS) is 10.1. The minimum Gasteiger partial charge on any atom is -0.399 e. The highest BCUT2D eigenvalue weighted by Crippen LogP contribution is 2.18. The Morgan fingerprint density at radius 2 is 2.25 bits per heavy atom. The van der Waals surface area contributed by atoms with E-state index < -0.39 is 5.91 Å². The standard InChI is InChI=1S/C11H17N3O2/c1-2-16-6-5-14-10-7-8(12)3-4-9(10)11(13)15/h3-4,7,14H,2,5-6,12H2,1H3,(H2,13,15). The summed E-state index contributed by atoms with van der Waals surface area (Å²) in [7, 11) is 0. The first-order valence-corrected chi connectivity index (χ1v) is 5.16. The number of anilines is 2. The average Bonchev–Trinajstić information content (AvgIpc) is 2.24. The van der Waals surface area contributed by atoms with Crippen LogP contribution in [0.5, 0.6) is 0 Å². The van der Waals surface area contributed by atoms with Crippen LogP contribution in [0.25, 0.3) is 0 Å². The van der Waals surface area contributed by atoms with Gasteiger partial charge in [0.25, 0.3) is 5.91 Å². The molecule has 5 nitrogen and oxygen atoms in total. The number of amides is 1. The van der Waals surface area contributed by atoms with E-state index in [0.717, 1.165) is 0 Å². The van der Waals surface area contributed by atoms with Gasteiger partial charge in [0.2, 0.25) is 0 Å². The lowest BCUT2D eigenvalue weighted by atomic mass is 10.1. The van der Waals surface area contributed by atoms with Crippen LogP contribution in [0.2, 0.25) is 0 Å². The number of primary amides is 1. The number of carbonyl (C=O) groups excluding carboxylic acids is 1. The number of rotatable bonds is 6. The smallest absolute Gasteiger partial charge is 0.250 e. The molecule has 0 fully saturated rings. The maximum absolute atomic E-state index is 11.1. The molecular formula is C11H17N3O2. The van der Waals surface area contributed by atoms with E-state index in [1.165, 1.54) is 0 Å². The van der Waals surface area contributed by atoms with Gasteiger partial charge >= 0.3 is 0 Å². The zero-order valence-corrected chi connectivity index (χ0v) is 9.32. The number of hydrogen-bond donors (Lipinski definition) is 3. The molecule has 0 aliphatic heterocycles. The van der Waals surface area contributed by atoms with Crippen molar-refractivity contribution in [2.45, 2.75) is 6.92 Å². The van der Waals surface area contributed by atoms with E-state index in [2.05, 4.69) is 5.32 Å². The average molecular weight is 223 g/mol. The van der Waals surface area contributed by atoms with E-state index in [4.69, 9.17) is 16.2 Å². The summed E-state index contributed by atoms with van der Waals surface area (Å²) in [5.41, 5.74) is 12.5. The Balaban J connectivity index is 2.68. The zero-order valence-electron chi connectivity index (χ0n) is 9.32. The van der Waals surface area contributed by atoms with E-state index in [9.17, 15) is 4.79 Å². The van der Waals surface area contributed by atoms with Gasteiger partial charge in [-0.2, -0.15) is 0 Å². The van der Waals surface area contributed by atoms with Crippen LogP contribution in [0.15, 0.2) is 18.2 Å². The maximum atomic E-state index is 11.1. The van der Waals surface area contributed by atoms with Gasteiger partial charge in [-0.25, -0.2) is 0 Å². The van der Waals surface area contributed by atoms with E-state index in [1.54, 1.807) is 18.2 Å². The molecule has 0 aliphatic carbocycles. The van der Waals surface area contributed by atoms with Crippen molar-refractivity contribution >= 4 is 17.3 Å². The second-order valence-electron chi connectivity index (χ2n) is 3.29. The second-order valence-corrected chi connectivity index (χ2v) is 3.29. The molecule has 0 radical (unpaired) electrons. The SMILES string of the molecule is CCOCCNc1cc(N)ccc1C(N)=O. The molecule has 0 spiro atoms. The minimum absolute atomic E-state index is 0.436. The summed E-state index contributed by atoms with van der Waals surface area (Å²) in [4.78, 5) is 11.1. The van der Waals surface area contributed by atoms with Gasteiger partial charge in [-0.15, -0.1) is 0 Å². The van der Waals surface area contributed by atoms with Gasteiger partial charge in [-0.3, -0.25) is 4.79 Å². The van der Waals surface area contributed by atoms with Crippen molar-refractivity contribution in [2.75, 3.05) is 30.8 Å². The molecule has 0 atom stereocenters.